The second-order valence-electron chi connectivity index (χ2n) is 9.16. The van der Waals surface area contributed by atoms with Gasteiger partial charge >= 0.3 is 0 Å². The summed E-state index contributed by atoms with van der Waals surface area (Å²) in [6.07, 6.45) is 0. The van der Waals surface area contributed by atoms with Crippen LogP contribution in [0.2, 0.25) is 0 Å². The van der Waals surface area contributed by atoms with Crippen molar-refractivity contribution in [1.82, 2.24) is 0 Å². The van der Waals surface area contributed by atoms with Crippen LogP contribution in [0.5, 0.6) is 0 Å². The molecule has 0 aliphatic carbocycles. The second kappa shape index (κ2) is 20.0. The molecule has 0 atom stereocenters. The van der Waals surface area contributed by atoms with Crippen LogP contribution in [0.1, 0.15) is 41.4 Å². The Labute approximate surface area is 320 Å². The van der Waals surface area contributed by atoms with Gasteiger partial charge < -0.3 is 39.6 Å². The molecule has 0 saturated heterocycles. The number of hydrogen-bond donors (Lipinski definition) is 4. The van der Waals surface area contributed by atoms with Gasteiger partial charge in [0.15, 0.2) is 0 Å². The van der Waals surface area contributed by atoms with Gasteiger partial charge in [-0.15, -0.1) is 0 Å². The Morgan fingerprint density at radius 1 is 0.358 bits per heavy atom. The molecule has 0 saturated carbocycles. The molecule has 4 radical (unpaired) electrons. The molecule has 284 valence electrons. The summed E-state index contributed by atoms with van der Waals surface area (Å²) in [6, 6.07) is 17.1. The number of carbonyl (C=O) groups excluding carboxylic acids is 4. The third-order valence-corrected chi connectivity index (χ3v) is 8.87. The fourth-order valence-electron chi connectivity index (χ4n) is 3.13. The number of carboxylic acid groups (broad SMARTS) is 4. The summed E-state index contributed by atoms with van der Waals surface area (Å²) in [5.41, 5.74) is -1.18. The summed E-state index contributed by atoms with van der Waals surface area (Å²) >= 11 is 0. The van der Waals surface area contributed by atoms with Crippen LogP contribution in [-0.2, 0) is 40.5 Å². The standard InChI is InChI=1S/4C7H6O5S.Pb/c4*8-7(9)5-2-1-3-6(4-5)13(10,11)12;/h4*1-4H,(H,8,9)(H,10,11,12);/p-4. The predicted molar refractivity (Wildman–Crippen MR) is 168 cm³/mol. The first-order valence-corrected chi connectivity index (χ1v) is 18.6. The van der Waals surface area contributed by atoms with Crippen molar-refractivity contribution in [2.45, 2.75) is 19.6 Å². The van der Waals surface area contributed by atoms with Gasteiger partial charge in [-0.2, -0.15) is 33.7 Å². The molecule has 20 nitrogen and oxygen atoms in total. The van der Waals surface area contributed by atoms with Gasteiger partial charge in [0.2, 0.25) is 0 Å². The number of carboxylic acids is 4. The van der Waals surface area contributed by atoms with Crippen LogP contribution in [0.4, 0.5) is 0 Å². The van der Waals surface area contributed by atoms with Crippen molar-refractivity contribution < 1.29 is 91.5 Å². The third kappa shape index (κ3) is 17.1. The third-order valence-electron chi connectivity index (χ3n) is 5.47. The maximum Gasteiger partial charge on any atom is 0.294 e. The Kier molecular flexibility index (Phi) is 18.2. The largest absolute Gasteiger partial charge is 0.545 e. The van der Waals surface area contributed by atoms with Crippen molar-refractivity contribution in [3.05, 3.63) is 119 Å². The summed E-state index contributed by atoms with van der Waals surface area (Å²) in [6.45, 7) is 0. The average molecular weight is 1010 g/mol. The second-order valence-corrected chi connectivity index (χ2v) is 14.8. The normalized spacial score (nSPS) is 10.9. The van der Waals surface area contributed by atoms with Crippen LogP contribution < -0.4 is 20.4 Å². The van der Waals surface area contributed by atoms with Crippen molar-refractivity contribution in [1.29, 1.82) is 0 Å². The topological polar surface area (TPSA) is 378 Å². The molecule has 4 aromatic rings. The SMILES string of the molecule is O=C([O-])c1cccc(S(=O)(=O)O)c1.O=C([O-])c1cccc(S(=O)(=O)O)c1.O=C([O-])c1cccc(S(=O)(=O)O)c1.O=C([O-])c1cccc(S(=O)(=O)O)c1.[Pb]. The Balaban J connectivity index is 0.000000676. The molecular formula is C28H20O20PbS4-4. The average Bonchev–Trinajstić information content (AvgIpc) is 3.04. The molecule has 0 spiro atoms. The monoisotopic (exact) mass is 1010 g/mol. The minimum atomic E-state index is -4.35. The molecule has 4 N–H and O–H groups in total. The van der Waals surface area contributed by atoms with Crippen molar-refractivity contribution in [3.8, 4) is 0 Å². The van der Waals surface area contributed by atoms with Gasteiger partial charge in [-0.05, 0) is 70.8 Å². The molecule has 0 bridgehead atoms. The van der Waals surface area contributed by atoms with E-state index in [2.05, 4.69) is 0 Å². The maximum absolute atomic E-state index is 10.5. The first-order valence-electron chi connectivity index (χ1n) is 12.8. The molecule has 53 heavy (non-hydrogen) atoms. The molecule has 4 aromatic carbocycles. The molecule has 0 aromatic heterocycles. The van der Waals surface area contributed by atoms with Crippen LogP contribution in [0.15, 0.2) is 117 Å². The van der Waals surface area contributed by atoms with E-state index in [1.54, 1.807) is 0 Å². The van der Waals surface area contributed by atoms with Crippen LogP contribution in [-0.4, -0.2) is 103 Å². The predicted octanol–water partition coefficient (Wildman–Crippen LogP) is -3.19. The fraction of sp³-hybridized carbons (Fsp3) is 0. The van der Waals surface area contributed by atoms with E-state index in [4.69, 9.17) is 18.2 Å². The molecule has 0 fully saturated rings. The molecule has 0 heterocycles. The zero-order chi connectivity index (χ0) is 40.2. The Morgan fingerprint density at radius 2 is 0.509 bits per heavy atom. The van der Waals surface area contributed by atoms with Crippen molar-refractivity contribution in [3.63, 3.8) is 0 Å². The molecule has 0 unspecified atom stereocenters. The van der Waals surface area contributed by atoms with Crippen LogP contribution in [0.25, 0.3) is 0 Å². The number of hydrogen-bond acceptors (Lipinski definition) is 16. The van der Waals surface area contributed by atoms with Crippen molar-refractivity contribution >= 4 is 91.6 Å². The van der Waals surface area contributed by atoms with Crippen molar-refractivity contribution in [2.24, 2.45) is 0 Å². The quantitative estimate of drug-likeness (QED) is 0.0998. The van der Waals surface area contributed by atoms with E-state index in [0.29, 0.717) is 0 Å². The minimum absolute atomic E-state index is 0. The molecule has 0 aliphatic heterocycles. The van der Waals surface area contributed by atoms with Gasteiger partial charge in [-0.3, -0.25) is 18.2 Å². The van der Waals surface area contributed by atoms with E-state index in [1.165, 1.54) is 48.5 Å². The number of rotatable bonds is 8. The zero-order valence-electron chi connectivity index (χ0n) is 25.7. The van der Waals surface area contributed by atoms with Gasteiger partial charge in [0.1, 0.15) is 0 Å². The van der Waals surface area contributed by atoms with Crippen molar-refractivity contribution in [2.75, 3.05) is 0 Å². The number of benzene rings is 4. The summed E-state index contributed by atoms with van der Waals surface area (Å²) in [5, 5.41) is 41.2. The fourth-order valence-corrected chi connectivity index (χ4v) is 5.24. The zero-order valence-corrected chi connectivity index (χ0v) is 32.8. The first kappa shape index (κ1) is 48.3. The van der Waals surface area contributed by atoms with E-state index in [0.717, 1.165) is 48.5 Å². The van der Waals surface area contributed by atoms with Gasteiger partial charge in [0.05, 0.1) is 43.5 Å². The Hall–Kier alpha value is -4.68. The molecule has 0 aliphatic rings. The molecular weight excluding hydrogens is 992 g/mol. The van der Waals surface area contributed by atoms with E-state index in [-0.39, 0.29) is 49.6 Å². The smallest absolute Gasteiger partial charge is 0.294 e. The van der Waals surface area contributed by atoms with Crippen LogP contribution in [0.3, 0.4) is 0 Å². The minimum Gasteiger partial charge on any atom is -0.545 e. The van der Waals surface area contributed by atoms with E-state index in [9.17, 15) is 73.3 Å². The summed E-state index contributed by atoms with van der Waals surface area (Å²) in [7, 11) is -17.4. The summed E-state index contributed by atoms with van der Waals surface area (Å²) < 4.78 is 119. The van der Waals surface area contributed by atoms with Gasteiger partial charge in [0, 0.05) is 27.3 Å². The van der Waals surface area contributed by atoms with E-state index in [1.807, 2.05) is 0 Å². The van der Waals surface area contributed by atoms with Crippen LogP contribution >= 0.6 is 0 Å². The molecule has 25 heteroatoms. The van der Waals surface area contributed by atoms with Gasteiger partial charge in [0.25, 0.3) is 40.5 Å². The maximum atomic E-state index is 10.5. The van der Waals surface area contributed by atoms with Crippen LogP contribution in [0, 0.1) is 0 Å². The van der Waals surface area contributed by atoms with E-state index < -0.39 is 83.9 Å². The number of aromatic carboxylic acids is 4. The number of carbonyl (C=O) groups is 4. The summed E-state index contributed by atoms with van der Waals surface area (Å²) in [5.74, 6) is -5.98. The Morgan fingerprint density at radius 3 is 0.623 bits per heavy atom. The summed E-state index contributed by atoms with van der Waals surface area (Å²) in [4.78, 5) is 39.3. The first-order chi connectivity index (χ1) is 23.6. The molecule has 0 amide bonds. The van der Waals surface area contributed by atoms with Gasteiger partial charge in [-0.1, -0.05) is 48.5 Å². The van der Waals surface area contributed by atoms with Gasteiger partial charge in [-0.25, -0.2) is 0 Å². The Bertz CT molecular complexity index is 2080. The van der Waals surface area contributed by atoms with E-state index >= 15 is 0 Å². The molecule has 4 rings (SSSR count).